The van der Waals surface area contributed by atoms with Crippen LogP contribution in [-0.4, -0.2) is 29.0 Å². The van der Waals surface area contributed by atoms with Crippen molar-refractivity contribution in [2.75, 3.05) is 13.2 Å². The van der Waals surface area contributed by atoms with Crippen LogP contribution in [0.3, 0.4) is 0 Å². The van der Waals surface area contributed by atoms with E-state index in [-0.39, 0.29) is 12.6 Å². The molecule has 1 fully saturated rings. The average molecular weight is 325 g/mol. The van der Waals surface area contributed by atoms with Crippen LogP contribution < -0.4 is 0 Å². The zero-order valence-corrected chi connectivity index (χ0v) is 11.9. The highest BCUT2D eigenvalue weighted by Gasteiger charge is 2.44. The standard InChI is InChI=1S/C13H15F4NO2S/c14-10-3-5-12(6-4-10)21(19,13(15,16)17)18-8-7-11-2-1-9-20-11/h3-6,11H,1-2,7-9H2/t11-,21-/m0/s1. The van der Waals surface area contributed by atoms with Crippen LogP contribution in [0.15, 0.2) is 33.5 Å². The minimum atomic E-state index is -5.00. The Balaban J connectivity index is 2.24. The van der Waals surface area contributed by atoms with Gasteiger partial charge in [0.1, 0.15) is 5.82 Å². The second-order valence-electron chi connectivity index (χ2n) is 4.70. The zero-order valence-electron chi connectivity index (χ0n) is 11.1. The van der Waals surface area contributed by atoms with Gasteiger partial charge < -0.3 is 4.74 Å². The van der Waals surface area contributed by atoms with Gasteiger partial charge in [-0.2, -0.15) is 13.2 Å². The predicted octanol–water partition coefficient (Wildman–Crippen LogP) is 3.74. The van der Waals surface area contributed by atoms with Gasteiger partial charge >= 0.3 is 5.51 Å². The summed E-state index contributed by atoms with van der Waals surface area (Å²) < 4.78 is 73.0. The summed E-state index contributed by atoms with van der Waals surface area (Å²) in [6.07, 6.45) is 1.82. The predicted molar refractivity (Wildman–Crippen MR) is 69.7 cm³/mol. The Kier molecular flexibility index (Phi) is 4.88. The van der Waals surface area contributed by atoms with Crippen LogP contribution in [-0.2, 0) is 14.5 Å². The number of hydrogen-bond acceptors (Lipinski definition) is 3. The maximum atomic E-state index is 13.1. The third-order valence-corrected chi connectivity index (χ3v) is 5.28. The second kappa shape index (κ2) is 6.31. The molecule has 0 bridgehead atoms. The van der Waals surface area contributed by atoms with Gasteiger partial charge in [0.05, 0.1) is 17.5 Å². The first kappa shape index (κ1) is 16.2. The van der Waals surface area contributed by atoms with Crippen molar-refractivity contribution in [3.05, 3.63) is 30.1 Å². The maximum absolute atomic E-state index is 13.1. The minimum Gasteiger partial charge on any atom is -0.378 e. The van der Waals surface area contributed by atoms with Gasteiger partial charge in [0.2, 0.25) is 0 Å². The fourth-order valence-electron chi connectivity index (χ4n) is 2.10. The first-order valence-corrected chi connectivity index (χ1v) is 8.01. The lowest BCUT2D eigenvalue weighted by Crippen LogP contribution is -2.24. The molecule has 0 aliphatic carbocycles. The van der Waals surface area contributed by atoms with Crippen LogP contribution in [0.25, 0.3) is 0 Å². The summed E-state index contributed by atoms with van der Waals surface area (Å²) in [4.78, 5) is -0.524. The van der Waals surface area contributed by atoms with Crippen molar-refractivity contribution in [2.24, 2.45) is 4.36 Å². The van der Waals surface area contributed by atoms with Gasteiger partial charge in [0.15, 0.2) is 9.73 Å². The van der Waals surface area contributed by atoms with Crippen LogP contribution in [0.1, 0.15) is 19.3 Å². The topological polar surface area (TPSA) is 38.7 Å². The second-order valence-corrected chi connectivity index (χ2v) is 6.95. The Hall–Kier alpha value is -1.15. The normalized spacial score (nSPS) is 22.0. The van der Waals surface area contributed by atoms with E-state index in [2.05, 4.69) is 4.36 Å². The fourth-order valence-corrected chi connectivity index (χ4v) is 3.53. The van der Waals surface area contributed by atoms with Gasteiger partial charge in [-0.25, -0.2) is 13.0 Å². The van der Waals surface area contributed by atoms with Gasteiger partial charge in [0.25, 0.3) is 0 Å². The van der Waals surface area contributed by atoms with Crippen LogP contribution in [0.2, 0.25) is 0 Å². The lowest BCUT2D eigenvalue weighted by Gasteiger charge is -2.14. The van der Waals surface area contributed by atoms with E-state index in [4.69, 9.17) is 4.74 Å². The molecule has 1 heterocycles. The van der Waals surface area contributed by atoms with E-state index in [0.717, 1.165) is 37.1 Å². The van der Waals surface area contributed by atoms with Gasteiger partial charge in [-0.1, -0.05) is 0 Å². The Morgan fingerprint density at radius 1 is 1.29 bits per heavy atom. The molecule has 0 saturated carbocycles. The largest absolute Gasteiger partial charge is 0.483 e. The third-order valence-electron chi connectivity index (χ3n) is 3.20. The molecule has 0 N–H and O–H groups in total. The van der Waals surface area contributed by atoms with Gasteiger partial charge in [0, 0.05) is 6.61 Å². The smallest absolute Gasteiger partial charge is 0.378 e. The van der Waals surface area contributed by atoms with Crippen molar-refractivity contribution >= 4 is 9.73 Å². The summed E-state index contributed by atoms with van der Waals surface area (Å²) in [5.74, 6) is -0.693. The van der Waals surface area contributed by atoms with Crippen molar-refractivity contribution in [1.29, 1.82) is 0 Å². The molecule has 1 aromatic carbocycles. The highest BCUT2D eigenvalue weighted by molar-refractivity contribution is 7.94. The monoisotopic (exact) mass is 325 g/mol. The zero-order chi connectivity index (χ0) is 15.5. The van der Waals surface area contributed by atoms with E-state index in [1.165, 1.54) is 0 Å². The summed E-state index contributed by atoms with van der Waals surface area (Å²) in [7, 11) is -4.59. The molecule has 8 heteroatoms. The minimum absolute atomic E-state index is 0.126. The van der Waals surface area contributed by atoms with Gasteiger partial charge in [-0.3, -0.25) is 0 Å². The SMILES string of the molecule is O=[S@@](=NCC[C@@H]1CCCO1)(c1ccc(F)cc1)C(F)(F)F. The van der Waals surface area contributed by atoms with E-state index in [0.29, 0.717) is 13.0 Å². The van der Waals surface area contributed by atoms with E-state index in [9.17, 15) is 21.8 Å². The summed E-state index contributed by atoms with van der Waals surface area (Å²) in [6, 6.07) is 3.41. The first-order chi connectivity index (χ1) is 9.83. The average Bonchev–Trinajstić information content (AvgIpc) is 2.91. The molecule has 0 spiro atoms. The fraction of sp³-hybridized carbons (Fsp3) is 0.538. The Bertz CT molecular complexity index is 585. The molecular weight excluding hydrogens is 310 g/mol. The van der Waals surface area contributed by atoms with Crippen LogP contribution >= 0.6 is 0 Å². The number of rotatable bonds is 4. The molecule has 3 nitrogen and oxygen atoms in total. The number of nitrogens with zero attached hydrogens (tertiary/aromatic N) is 1. The summed E-state index contributed by atoms with van der Waals surface area (Å²) in [5, 5.41) is 0. The summed E-state index contributed by atoms with van der Waals surface area (Å²) >= 11 is 0. The molecule has 0 unspecified atom stereocenters. The number of alkyl halides is 3. The van der Waals surface area contributed by atoms with Crippen molar-refractivity contribution < 1.29 is 26.5 Å². The van der Waals surface area contributed by atoms with E-state index in [1.54, 1.807) is 0 Å². The first-order valence-electron chi connectivity index (χ1n) is 6.49. The lowest BCUT2D eigenvalue weighted by atomic mass is 10.2. The van der Waals surface area contributed by atoms with Crippen molar-refractivity contribution in [3.8, 4) is 0 Å². The van der Waals surface area contributed by atoms with Gasteiger partial charge in [-0.05, 0) is 43.5 Å². The van der Waals surface area contributed by atoms with Crippen LogP contribution in [0, 0.1) is 5.82 Å². The van der Waals surface area contributed by atoms with Crippen molar-refractivity contribution in [3.63, 3.8) is 0 Å². The van der Waals surface area contributed by atoms with Crippen molar-refractivity contribution in [2.45, 2.75) is 35.8 Å². The highest BCUT2D eigenvalue weighted by Crippen LogP contribution is 2.33. The molecule has 0 aromatic heterocycles. The highest BCUT2D eigenvalue weighted by atomic mass is 32.2. The lowest BCUT2D eigenvalue weighted by molar-refractivity contribution is -0.0404. The summed E-state index contributed by atoms with van der Waals surface area (Å²) in [6.45, 7) is 0.387. The molecular formula is C13H15F4NO2S. The Morgan fingerprint density at radius 2 is 1.95 bits per heavy atom. The molecule has 2 rings (SSSR count). The molecule has 1 saturated heterocycles. The third kappa shape index (κ3) is 3.74. The summed E-state index contributed by atoms with van der Waals surface area (Å²) in [5.41, 5.74) is -5.00. The molecule has 1 aliphatic heterocycles. The van der Waals surface area contributed by atoms with Crippen LogP contribution in [0.5, 0.6) is 0 Å². The quantitative estimate of drug-likeness (QED) is 0.791. The number of halogens is 4. The number of benzene rings is 1. The number of hydrogen-bond donors (Lipinski definition) is 0. The molecule has 1 aliphatic rings. The molecule has 2 atom stereocenters. The van der Waals surface area contributed by atoms with E-state index < -0.39 is 26.0 Å². The maximum Gasteiger partial charge on any atom is 0.483 e. The number of ether oxygens (including phenoxy) is 1. The van der Waals surface area contributed by atoms with Crippen molar-refractivity contribution in [1.82, 2.24) is 0 Å². The Morgan fingerprint density at radius 3 is 2.48 bits per heavy atom. The molecule has 0 amide bonds. The van der Waals surface area contributed by atoms with Gasteiger partial charge in [-0.15, -0.1) is 0 Å². The molecule has 118 valence electrons. The van der Waals surface area contributed by atoms with E-state index in [1.807, 2.05) is 0 Å². The Labute approximate surface area is 120 Å². The molecule has 21 heavy (non-hydrogen) atoms. The molecule has 1 aromatic rings. The van der Waals surface area contributed by atoms with Crippen LogP contribution in [0.4, 0.5) is 17.6 Å². The molecule has 0 radical (unpaired) electrons. The van der Waals surface area contributed by atoms with E-state index >= 15 is 0 Å².